The Kier molecular flexibility index (Phi) is 16.7. The lowest BCUT2D eigenvalue weighted by atomic mass is 10.0. The van der Waals surface area contributed by atoms with E-state index in [0.29, 0.717) is 12.6 Å². The van der Waals surface area contributed by atoms with Gasteiger partial charge in [-0.3, -0.25) is 4.98 Å². The van der Waals surface area contributed by atoms with Crippen LogP contribution in [0.4, 0.5) is 0 Å². The summed E-state index contributed by atoms with van der Waals surface area (Å²) < 4.78 is 5.28. The van der Waals surface area contributed by atoms with Crippen LogP contribution in [0.5, 0.6) is 0 Å². The van der Waals surface area contributed by atoms with Crippen LogP contribution in [0.15, 0.2) is 36.5 Å². The van der Waals surface area contributed by atoms with Gasteiger partial charge in [0.05, 0.1) is 11.6 Å². The van der Waals surface area contributed by atoms with Crippen LogP contribution in [0, 0.1) is 6.92 Å². The number of hydrogen-bond donors (Lipinski definition) is 3. The molecule has 1 fully saturated rings. The smallest absolute Gasteiger partial charge is 0.156 e. The Morgan fingerprint density at radius 1 is 1.26 bits per heavy atom. The molecule has 0 bridgehead atoms. The second-order valence-electron chi connectivity index (χ2n) is 7.48. The van der Waals surface area contributed by atoms with Gasteiger partial charge in [-0.2, -0.15) is 0 Å². The molecule has 0 aliphatic carbocycles. The third-order valence-electron chi connectivity index (χ3n) is 4.86. The van der Waals surface area contributed by atoms with Crippen LogP contribution in [-0.2, 0) is 9.53 Å². The first-order valence-electron chi connectivity index (χ1n) is 10.8. The van der Waals surface area contributed by atoms with Gasteiger partial charge in [-0.1, -0.05) is 31.2 Å². The van der Waals surface area contributed by atoms with Gasteiger partial charge in [0, 0.05) is 43.7 Å². The minimum absolute atomic E-state index is 0.167. The molecule has 1 aromatic heterocycles. The van der Waals surface area contributed by atoms with Crippen molar-refractivity contribution in [3.05, 3.63) is 42.1 Å². The molecule has 7 nitrogen and oxygen atoms in total. The topological polar surface area (TPSA) is 94.9 Å². The molecule has 1 aromatic carbocycles. The number of pyridine rings is 1. The summed E-state index contributed by atoms with van der Waals surface area (Å²) in [7, 11) is 4.06. The van der Waals surface area contributed by atoms with Crippen molar-refractivity contribution < 1.29 is 19.7 Å². The van der Waals surface area contributed by atoms with Gasteiger partial charge in [0.1, 0.15) is 6.79 Å². The summed E-state index contributed by atoms with van der Waals surface area (Å²) in [4.78, 5) is 14.6. The number of para-hydroxylation sites is 1. The van der Waals surface area contributed by atoms with Crippen molar-refractivity contribution in [3.8, 4) is 0 Å². The van der Waals surface area contributed by atoms with Gasteiger partial charge in [-0.05, 0) is 52.4 Å². The van der Waals surface area contributed by atoms with E-state index in [1.54, 1.807) is 0 Å². The fraction of sp³-hybridized carbons (Fsp3) is 0.583. The molecule has 3 N–H and O–H groups in total. The molecule has 2 aromatic rings. The molecule has 0 amide bonds. The van der Waals surface area contributed by atoms with Crippen molar-refractivity contribution in [2.24, 2.45) is 0 Å². The Balaban J connectivity index is 0.000000471. The summed E-state index contributed by atoms with van der Waals surface area (Å²) in [5, 5.41) is 21.7. The summed E-state index contributed by atoms with van der Waals surface area (Å²) >= 11 is 0. The number of benzene rings is 1. The highest BCUT2D eigenvalue weighted by molar-refractivity contribution is 5.81. The Morgan fingerprint density at radius 2 is 1.90 bits per heavy atom. The van der Waals surface area contributed by atoms with Gasteiger partial charge in [0.15, 0.2) is 6.29 Å². The largest absolute Gasteiger partial charge is 0.396 e. The van der Waals surface area contributed by atoms with Crippen LogP contribution < -0.4 is 5.32 Å². The number of aryl methyl sites for hydroxylation is 1. The summed E-state index contributed by atoms with van der Waals surface area (Å²) in [6.45, 7) is 10.3. The highest BCUT2D eigenvalue weighted by atomic mass is 16.6. The maximum absolute atomic E-state index is 9.46. The Labute approximate surface area is 187 Å². The second-order valence-corrected chi connectivity index (χ2v) is 7.48. The molecule has 7 heteroatoms. The molecular weight excluding hydrogens is 394 g/mol. The molecule has 31 heavy (non-hydrogen) atoms. The van der Waals surface area contributed by atoms with Crippen molar-refractivity contribution in [2.75, 3.05) is 33.8 Å². The van der Waals surface area contributed by atoms with Crippen LogP contribution in [0.2, 0.25) is 0 Å². The summed E-state index contributed by atoms with van der Waals surface area (Å²) in [5.74, 6) is 0. The van der Waals surface area contributed by atoms with E-state index >= 15 is 0 Å². The number of aromatic nitrogens is 1. The number of hydrogen-bond acceptors (Lipinski definition) is 7. The molecule has 0 radical (unpaired) electrons. The van der Waals surface area contributed by atoms with Crippen LogP contribution in [-0.4, -0.2) is 79.1 Å². The third-order valence-corrected chi connectivity index (χ3v) is 4.86. The highest BCUT2D eigenvalue weighted by Crippen LogP contribution is 2.21. The van der Waals surface area contributed by atoms with E-state index < -0.39 is 6.29 Å². The SMILES string of the molecule is C=O.CCCO.CNCCN(C)C1CC(C)OC(O)C1.Cc1cccc2cccnc12. The Morgan fingerprint density at radius 3 is 2.45 bits per heavy atom. The second kappa shape index (κ2) is 17.7. The lowest BCUT2D eigenvalue weighted by Crippen LogP contribution is -2.44. The number of aliphatic hydroxyl groups is 2. The van der Waals surface area contributed by atoms with E-state index in [2.05, 4.69) is 53.4 Å². The number of nitrogens with zero attached hydrogens (tertiary/aromatic N) is 2. The molecule has 3 atom stereocenters. The number of rotatable bonds is 5. The molecular formula is C24H41N3O4. The zero-order valence-corrected chi connectivity index (χ0v) is 19.8. The van der Waals surface area contributed by atoms with Crippen LogP contribution in [0.1, 0.15) is 38.7 Å². The number of ether oxygens (including phenoxy) is 1. The molecule has 1 aliphatic heterocycles. The number of aliphatic hydroxyl groups excluding tert-OH is 2. The van der Waals surface area contributed by atoms with Crippen LogP contribution >= 0.6 is 0 Å². The molecule has 2 heterocycles. The normalized spacial score (nSPS) is 19.9. The average Bonchev–Trinajstić information content (AvgIpc) is 2.79. The van der Waals surface area contributed by atoms with E-state index in [-0.39, 0.29) is 6.10 Å². The van der Waals surface area contributed by atoms with Crippen molar-refractivity contribution in [1.29, 1.82) is 0 Å². The monoisotopic (exact) mass is 435 g/mol. The predicted molar refractivity (Wildman–Crippen MR) is 127 cm³/mol. The Hall–Kier alpha value is -1.90. The molecule has 3 unspecified atom stereocenters. The molecule has 3 rings (SSSR count). The third kappa shape index (κ3) is 11.9. The minimum atomic E-state index is -0.583. The van der Waals surface area contributed by atoms with E-state index in [4.69, 9.17) is 14.6 Å². The van der Waals surface area contributed by atoms with Crippen molar-refractivity contribution in [3.63, 3.8) is 0 Å². The van der Waals surface area contributed by atoms with E-state index in [1.807, 2.05) is 39.9 Å². The quantitative estimate of drug-likeness (QED) is 0.665. The van der Waals surface area contributed by atoms with Gasteiger partial charge in [0.2, 0.25) is 0 Å². The fourth-order valence-electron chi connectivity index (χ4n) is 3.18. The van der Waals surface area contributed by atoms with E-state index in [9.17, 15) is 5.11 Å². The predicted octanol–water partition coefficient (Wildman–Crippen LogP) is 2.77. The first kappa shape index (κ1) is 29.1. The number of fused-ring (bicyclic) bond motifs is 1. The highest BCUT2D eigenvalue weighted by Gasteiger charge is 2.27. The molecule has 1 aliphatic rings. The summed E-state index contributed by atoms with van der Waals surface area (Å²) in [6, 6.07) is 10.7. The van der Waals surface area contributed by atoms with E-state index in [1.165, 1.54) is 10.9 Å². The van der Waals surface area contributed by atoms with Gasteiger partial charge >= 0.3 is 0 Å². The zero-order chi connectivity index (χ0) is 23.6. The van der Waals surface area contributed by atoms with Gasteiger partial charge in [0.25, 0.3) is 0 Å². The lowest BCUT2D eigenvalue weighted by molar-refractivity contribution is -0.173. The average molecular weight is 436 g/mol. The van der Waals surface area contributed by atoms with Gasteiger partial charge in [-0.25, -0.2) is 0 Å². The van der Waals surface area contributed by atoms with E-state index in [0.717, 1.165) is 37.9 Å². The van der Waals surface area contributed by atoms with Gasteiger partial charge in [-0.15, -0.1) is 0 Å². The Bertz CT molecular complexity index is 684. The molecule has 0 saturated carbocycles. The minimum Gasteiger partial charge on any atom is -0.396 e. The number of nitrogens with one attached hydrogen (secondary N) is 1. The van der Waals surface area contributed by atoms with Crippen LogP contribution in [0.3, 0.4) is 0 Å². The summed E-state index contributed by atoms with van der Waals surface area (Å²) in [5.41, 5.74) is 2.35. The first-order chi connectivity index (χ1) is 14.9. The first-order valence-corrected chi connectivity index (χ1v) is 10.8. The van der Waals surface area contributed by atoms with Crippen molar-refractivity contribution in [1.82, 2.24) is 15.2 Å². The zero-order valence-electron chi connectivity index (χ0n) is 19.8. The van der Waals surface area contributed by atoms with Crippen molar-refractivity contribution in [2.45, 2.75) is 58.5 Å². The standard InChI is InChI=1S/C10H22N2O2.C10H9N.C3H8O.CH2O/c1-8-6-9(7-10(13)14-8)12(3)5-4-11-2;1-8-4-2-5-9-6-3-7-11-10(8)9;1-2-3-4;1-2/h8-11,13H,4-7H2,1-3H3;2-7H,1H3;4H,2-3H2,1H3;1H2. The maximum atomic E-state index is 9.46. The summed E-state index contributed by atoms with van der Waals surface area (Å²) in [6.07, 6.45) is 4.03. The number of carbonyl (C=O) groups excluding carboxylic acids is 1. The maximum Gasteiger partial charge on any atom is 0.156 e. The van der Waals surface area contributed by atoms with Crippen LogP contribution in [0.25, 0.3) is 10.9 Å². The number of likely N-dealkylation sites (N-methyl/N-ethyl adjacent to an activating group) is 2. The molecule has 0 spiro atoms. The molecule has 1 saturated heterocycles. The number of carbonyl (C=O) groups is 1. The van der Waals surface area contributed by atoms with Gasteiger partial charge < -0.3 is 30.0 Å². The lowest BCUT2D eigenvalue weighted by Gasteiger charge is -2.36. The fourth-order valence-corrected chi connectivity index (χ4v) is 3.18. The van der Waals surface area contributed by atoms with Crippen molar-refractivity contribution >= 4 is 17.7 Å². The molecule has 176 valence electrons.